The first-order valence-corrected chi connectivity index (χ1v) is 4.95. The van der Waals surface area contributed by atoms with E-state index >= 15 is 0 Å². The fraction of sp³-hybridized carbons (Fsp3) is 0.889. The fourth-order valence-electron chi connectivity index (χ4n) is 1.98. The molecule has 0 bridgehead atoms. The van der Waals surface area contributed by atoms with Crippen LogP contribution < -0.4 is 5.32 Å². The highest BCUT2D eigenvalue weighted by Gasteiger charge is 2.30. The molecule has 13 heavy (non-hydrogen) atoms. The van der Waals surface area contributed by atoms with Crippen LogP contribution in [0.2, 0.25) is 0 Å². The van der Waals surface area contributed by atoms with Gasteiger partial charge in [0, 0.05) is 19.1 Å². The van der Waals surface area contributed by atoms with Crippen molar-refractivity contribution >= 4 is 13.7 Å². The average Bonchev–Trinajstić information content (AvgIpc) is 2.46. The number of nitrogens with zero attached hydrogens (tertiary/aromatic N) is 1. The van der Waals surface area contributed by atoms with E-state index in [-0.39, 0.29) is 6.04 Å². The Morgan fingerprint density at radius 3 is 2.69 bits per heavy atom. The van der Waals surface area contributed by atoms with Crippen LogP contribution in [0, 0.1) is 5.92 Å². The van der Waals surface area contributed by atoms with E-state index in [9.17, 15) is 4.79 Å². The number of hydrogen-bond acceptors (Lipinski definition) is 2. The second-order valence-electron chi connectivity index (χ2n) is 3.64. The van der Waals surface area contributed by atoms with Crippen LogP contribution in [-0.2, 0) is 0 Å². The number of carbonyl (C=O) groups is 1. The fourth-order valence-corrected chi connectivity index (χ4v) is 1.98. The van der Waals surface area contributed by atoms with E-state index in [2.05, 4.69) is 24.1 Å². The molecule has 0 aromatic carbocycles. The predicted molar refractivity (Wildman–Crippen MR) is 54.0 cm³/mol. The van der Waals surface area contributed by atoms with Crippen LogP contribution in [0.1, 0.15) is 20.3 Å². The third-order valence-corrected chi connectivity index (χ3v) is 2.82. The van der Waals surface area contributed by atoms with Crippen molar-refractivity contribution in [2.24, 2.45) is 5.92 Å². The smallest absolute Gasteiger partial charge is 0.200 e. The minimum absolute atomic E-state index is 0.252. The second kappa shape index (κ2) is 4.65. The maximum atomic E-state index is 10.7. The Morgan fingerprint density at radius 1 is 1.54 bits per heavy atom. The van der Waals surface area contributed by atoms with Gasteiger partial charge < -0.3 is 10.2 Å². The predicted octanol–water partition coefficient (Wildman–Crippen LogP) is 0.595. The van der Waals surface area contributed by atoms with Crippen LogP contribution in [0.15, 0.2) is 0 Å². The lowest BCUT2D eigenvalue weighted by molar-refractivity contribution is 0.253. The largest absolute Gasteiger partial charge is 0.362 e. The van der Waals surface area contributed by atoms with E-state index in [4.69, 9.17) is 7.85 Å². The van der Waals surface area contributed by atoms with Crippen molar-refractivity contribution in [3.8, 4) is 0 Å². The third-order valence-electron chi connectivity index (χ3n) is 2.82. The Bertz CT molecular complexity index is 186. The van der Waals surface area contributed by atoms with Gasteiger partial charge in [0.1, 0.15) is 0 Å². The highest BCUT2D eigenvalue weighted by molar-refractivity contribution is 6.57. The molecule has 1 fully saturated rings. The van der Waals surface area contributed by atoms with Crippen molar-refractivity contribution in [1.29, 1.82) is 0 Å². The number of hydrogen-bond donors (Lipinski definition) is 1. The molecule has 0 aromatic heterocycles. The lowest BCUT2D eigenvalue weighted by atomic mass is 9.99. The van der Waals surface area contributed by atoms with Crippen molar-refractivity contribution in [2.45, 2.75) is 26.3 Å². The normalized spacial score (nSPS) is 29.1. The van der Waals surface area contributed by atoms with Crippen molar-refractivity contribution in [3.05, 3.63) is 0 Å². The minimum atomic E-state index is -0.401. The molecule has 4 heteroatoms. The molecule has 1 amide bonds. The number of nitrogens with one attached hydrogen (secondary N) is 1. The van der Waals surface area contributed by atoms with Gasteiger partial charge in [0.25, 0.3) is 0 Å². The Labute approximate surface area is 81.3 Å². The zero-order valence-corrected chi connectivity index (χ0v) is 8.42. The quantitative estimate of drug-likeness (QED) is 0.645. The van der Waals surface area contributed by atoms with Gasteiger partial charge in [-0.2, -0.15) is 0 Å². The lowest BCUT2D eigenvalue weighted by Gasteiger charge is -2.17. The van der Waals surface area contributed by atoms with Crippen molar-refractivity contribution in [2.75, 3.05) is 19.6 Å². The first-order valence-electron chi connectivity index (χ1n) is 4.95. The van der Waals surface area contributed by atoms with Crippen LogP contribution in [0.25, 0.3) is 0 Å². The minimum Gasteiger partial charge on any atom is -0.362 e. The zero-order valence-electron chi connectivity index (χ0n) is 8.42. The third kappa shape index (κ3) is 2.73. The van der Waals surface area contributed by atoms with Crippen LogP contribution in [0.3, 0.4) is 0 Å². The van der Waals surface area contributed by atoms with Crippen LogP contribution >= 0.6 is 0 Å². The number of amides is 1. The highest BCUT2D eigenvalue weighted by Crippen LogP contribution is 2.19. The first kappa shape index (κ1) is 10.6. The van der Waals surface area contributed by atoms with E-state index in [0.29, 0.717) is 5.92 Å². The molecule has 0 spiro atoms. The summed E-state index contributed by atoms with van der Waals surface area (Å²) < 4.78 is 0. The Hall–Kier alpha value is -0.505. The summed E-state index contributed by atoms with van der Waals surface area (Å²) in [5, 5.41) is 2.80. The van der Waals surface area contributed by atoms with Crippen LogP contribution in [0.4, 0.5) is 4.79 Å². The SMILES string of the molecule is [B]C(=O)NC1CN(CC)C[C@@H]1CC. The van der Waals surface area contributed by atoms with Crippen LogP contribution in [0.5, 0.6) is 0 Å². The van der Waals surface area contributed by atoms with Gasteiger partial charge in [0.05, 0.1) is 0 Å². The molecule has 72 valence electrons. The molecule has 0 aromatic rings. The molecule has 1 rings (SSSR count). The van der Waals surface area contributed by atoms with Crippen molar-refractivity contribution in [1.82, 2.24) is 10.2 Å². The van der Waals surface area contributed by atoms with E-state index < -0.39 is 5.81 Å². The number of rotatable bonds is 3. The summed E-state index contributed by atoms with van der Waals surface area (Å²) >= 11 is 0. The van der Waals surface area contributed by atoms with E-state index in [0.717, 1.165) is 26.1 Å². The molecule has 1 unspecified atom stereocenters. The number of likely N-dealkylation sites (tertiary alicyclic amines) is 1. The average molecular weight is 180 g/mol. The number of carbonyl (C=O) groups excluding carboxylic acids is 1. The van der Waals surface area contributed by atoms with Gasteiger partial charge in [0.15, 0.2) is 5.81 Å². The van der Waals surface area contributed by atoms with Gasteiger partial charge in [-0.3, -0.25) is 4.79 Å². The van der Waals surface area contributed by atoms with E-state index in [1.165, 1.54) is 0 Å². The molecule has 1 aliphatic rings. The monoisotopic (exact) mass is 180 g/mol. The summed E-state index contributed by atoms with van der Waals surface area (Å²) in [6.07, 6.45) is 1.10. The second-order valence-corrected chi connectivity index (χ2v) is 3.64. The van der Waals surface area contributed by atoms with Gasteiger partial charge >= 0.3 is 0 Å². The maximum Gasteiger partial charge on any atom is 0.200 e. The molecule has 0 aliphatic carbocycles. The standard InChI is InChI=1S/C9H17BN2O/c1-3-7-5-12(4-2)6-8(7)11-9(10)13/h7-8H,3-6H2,1-2H3,(H,11,13)/t7-,8?/m0/s1. The molecular weight excluding hydrogens is 163 g/mol. The van der Waals surface area contributed by atoms with Gasteiger partial charge in [-0.15, -0.1) is 0 Å². The van der Waals surface area contributed by atoms with Gasteiger partial charge in [-0.25, -0.2) is 0 Å². The maximum absolute atomic E-state index is 10.7. The molecular formula is C9H17BN2O. The number of likely N-dealkylation sites (N-methyl/N-ethyl adjacent to an activating group) is 1. The van der Waals surface area contributed by atoms with E-state index in [1.807, 2.05) is 0 Å². The summed E-state index contributed by atoms with van der Waals surface area (Å²) in [5.74, 6) is 0.161. The molecule has 3 nitrogen and oxygen atoms in total. The molecule has 1 heterocycles. The molecule has 1 aliphatic heterocycles. The Kier molecular flexibility index (Phi) is 3.79. The summed E-state index contributed by atoms with van der Waals surface area (Å²) in [7, 11) is 5.11. The van der Waals surface area contributed by atoms with Crippen molar-refractivity contribution in [3.63, 3.8) is 0 Å². The summed E-state index contributed by atoms with van der Waals surface area (Å²) in [5.41, 5.74) is 0. The Morgan fingerprint density at radius 2 is 2.23 bits per heavy atom. The zero-order chi connectivity index (χ0) is 9.84. The van der Waals surface area contributed by atoms with Gasteiger partial charge in [0.2, 0.25) is 7.85 Å². The molecule has 1 N–H and O–H groups in total. The first-order chi connectivity index (χ1) is 6.17. The summed E-state index contributed by atoms with van der Waals surface area (Å²) in [6.45, 7) is 7.36. The molecule has 1 saturated heterocycles. The van der Waals surface area contributed by atoms with Crippen molar-refractivity contribution < 1.29 is 4.79 Å². The highest BCUT2D eigenvalue weighted by atomic mass is 16.1. The van der Waals surface area contributed by atoms with Gasteiger partial charge in [-0.1, -0.05) is 20.3 Å². The van der Waals surface area contributed by atoms with Crippen LogP contribution in [-0.4, -0.2) is 44.2 Å². The topological polar surface area (TPSA) is 32.3 Å². The lowest BCUT2D eigenvalue weighted by Crippen LogP contribution is -2.39. The Balaban J connectivity index is 2.47. The molecule has 0 saturated carbocycles. The van der Waals surface area contributed by atoms with E-state index in [1.54, 1.807) is 0 Å². The molecule has 2 radical (unpaired) electrons. The summed E-state index contributed by atoms with van der Waals surface area (Å²) in [6, 6.07) is 0.252. The van der Waals surface area contributed by atoms with Gasteiger partial charge in [-0.05, 0) is 12.5 Å². The molecule has 2 atom stereocenters. The summed E-state index contributed by atoms with van der Waals surface area (Å²) in [4.78, 5) is 13.0.